The van der Waals surface area contributed by atoms with Crippen molar-refractivity contribution in [2.75, 3.05) is 20.1 Å². The van der Waals surface area contributed by atoms with Gasteiger partial charge in [0.2, 0.25) is 0 Å². The molecule has 0 aromatic carbocycles. The van der Waals surface area contributed by atoms with Gasteiger partial charge in [0.1, 0.15) is 0 Å². The van der Waals surface area contributed by atoms with Gasteiger partial charge in [-0.1, -0.05) is 13.8 Å². The molecule has 1 aliphatic rings. The van der Waals surface area contributed by atoms with E-state index in [9.17, 15) is 0 Å². The molecular formula is C15H25N3S. The Bertz CT molecular complexity index is 428. The fourth-order valence-corrected chi connectivity index (χ4v) is 3.76. The fourth-order valence-electron chi connectivity index (χ4n) is 2.91. The van der Waals surface area contributed by atoms with Crippen molar-refractivity contribution in [3.8, 4) is 0 Å². The number of piperidine rings is 1. The average Bonchev–Trinajstić information content (AvgIpc) is 2.75. The van der Waals surface area contributed by atoms with Gasteiger partial charge < -0.3 is 10.2 Å². The van der Waals surface area contributed by atoms with E-state index in [-0.39, 0.29) is 0 Å². The van der Waals surface area contributed by atoms with Gasteiger partial charge in [-0.3, -0.25) is 4.99 Å². The lowest BCUT2D eigenvalue weighted by atomic mass is 9.92. The zero-order valence-electron chi connectivity index (χ0n) is 12.4. The SMILES string of the molecule is CN=C(NCc1sccc1C)N1CC(C)CC(C)C1. The van der Waals surface area contributed by atoms with Crippen LogP contribution in [0.4, 0.5) is 0 Å². The summed E-state index contributed by atoms with van der Waals surface area (Å²) in [6.07, 6.45) is 1.33. The van der Waals surface area contributed by atoms with Gasteiger partial charge >= 0.3 is 0 Å². The standard InChI is InChI=1S/C15H25N3S/c1-11-7-12(2)10-18(9-11)15(16-4)17-8-14-13(3)5-6-19-14/h5-6,11-12H,7-10H2,1-4H3,(H,16,17). The Kier molecular flexibility index (Phi) is 4.86. The first kappa shape index (κ1) is 14.4. The monoisotopic (exact) mass is 279 g/mol. The third-order valence-electron chi connectivity index (χ3n) is 3.76. The average molecular weight is 279 g/mol. The van der Waals surface area contributed by atoms with Crippen LogP contribution in [0.2, 0.25) is 0 Å². The topological polar surface area (TPSA) is 27.6 Å². The van der Waals surface area contributed by atoms with Crippen molar-refractivity contribution in [1.82, 2.24) is 10.2 Å². The Hall–Kier alpha value is -1.03. The van der Waals surface area contributed by atoms with Crippen LogP contribution in [0.15, 0.2) is 16.4 Å². The molecule has 0 spiro atoms. The van der Waals surface area contributed by atoms with E-state index in [2.05, 4.69) is 47.4 Å². The molecule has 0 bridgehead atoms. The zero-order chi connectivity index (χ0) is 13.8. The molecule has 0 saturated carbocycles. The van der Waals surface area contributed by atoms with Crippen molar-refractivity contribution < 1.29 is 0 Å². The molecule has 0 aliphatic carbocycles. The van der Waals surface area contributed by atoms with Crippen molar-refractivity contribution in [2.45, 2.75) is 33.7 Å². The largest absolute Gasteiger partial charge is 0.351 e. The number of aliphatic imine (C=N–C) groups is 1. The van der Waals surface area contributed by atoms with E-state index in [1.165, 1.54) is 16.9 Å². The molecule has 1 N–H and O–H groups in total. The smallest absolute Gasteiger partial charge is 0.193 e. The molecule has 0 amide bonds. The molecule has 2 rings (SSSR count). The first-order chi connectivity index (χ1) is 9.10. The molecule has 2 atom stereocenters. The van der Waals surface area contributed by atoms with E-state index in [4.69, 9.17) is 0 Å². The molecule has 1 aromatic heterocycles. The van der Waals surface area contributed by atoms with Crippen LogP contribution in [0.5, 0.6) is 0 Å². The van der Waals surface area contributed by atoms with Gasteiger partial charge in [0.05, 0.1) is 6.54 Å². The van der Waals surface area contributed by atoms with Crippen LogP contribution < -0.4 is 5.32 Å². The highest BCUT2D eigenvalue weighted by Crippen LogP contribution is 2.21. The summed E-state index contributed by atoms with van der Waals surface area (Å²) < 4.78 is 0. The minimum Gasteiger partial charge on any atom is -0.351 e. The Balaban J connectivity index is 1.95. The number of likely N-dealkylation sites (tertiary alicyclic amines) is 1. The summed E-state index contributed by atoms with van der Waals surface area (Å²) in [4.78, 5) is 8.25. The summed E-state index contributed by atoms with van der Waals surface area (Å²) in [5.41, 5.74) is 1.37. The number of hydrogen-bond acceptors (Lipinski definition) is 2. The van der Waals surface area contributed by atoms with E-state index < -0.39 is 0 Å². The molecule has 19 heavy (non-hydrogen) atoms. The van der Waals surface area contributed by atoms with Crippen molar-refractivity contribution in [1.29, 1.82) is 0 Å². The summed E-state index contributed by atoms with van der Waals surface area (Å²) in [6.45, 7) is 9.95. The molecule has 2 heterocycles. The highest BCUT2D eigenvalue weighted by atomic mass is 32.1. The highest BCUT2D eigenvalue weighted by Gasteiger charge is 2.23. The van der Waals surface area contributed by atoms with Crippen LogP contribution in [0, 0.1) is 18.8 Å². The van der Waals surface area contributed by atoms with Gasteiger partial charge in [-0.05, 0) is 42.2 Å². The molecule has 106 valence electrons. The molecule has 2 unspecified atom stereocenters. The van der Waals surface area contributed by atoms with Crippen molar-refractivity contribution in [3.05, 3.63) is 21.9 Å². The Morgan fingerprint density at radius 3 is 2.63 bits per heavy atom. The number of rotatable bonds is 2. The first-order valence-electron chi connectivity index (χ1n) is 7.08. The second-order valence-electron chi connectivity index (χ2n) is 5.78. The Morgan fingerprint density at radius 1 is 1.42 bits per heavy atom. The Morgan fingerprint density at radius 2 is 2.11 bits per heavy atom. The quantitative estimate of drug-likeness (QED) is 0.665. The second-order valence-corrected chi connectivity index (χ2v) is 6.78. The molecule has 4 heteroatoms. The van der Waals surface area contributed by atoms with Crippen LogP contribution in [-0.4, -0.2) is 31.0 Å². The van der Waals surface area contributed by atoms with E-state index in [1.54, 1.807) is 0 Å². The van der Waals surface area contributed by atoms with Gasteiger partial charge in [-0.15, -0.1) is 11.3 Å². The molecular weight excluding hydrogens is 254 g/mol. The van der Waals surface area contributed by atoms with Crippen LogP contribution in [0.25, 0.3) is 0 Å². The lowest BCUT2D eigenvalue weighted by Crippen LogP contribution is -2.48. The Labute approximate surface area is 120 Å². The van der Waals surface area contributed by atoms with Crippen molar-refractivity contribution in [2.24, 2.45) is 16.8 Å². The minimum atomic E-state index is 0.755. The molecule has 1 aromatic rings. The minimum absolute atomic E-state index is 0.755. The highest BCUT2D eigenvalue weighted by molar-refractivity contribution is 7.10. The van der Waals surface area contributed by atoms with Gasteiger partial charge in [0.25, 0.3) is 0 Å². The zero-order valence-corrected chi connectivity index (χ0v) is 13.3. The second kappa shape index (κ2) is 6.42. The maximum absolute atomic E-state index is 4.45. The summed E-state index contributed by atoms with van der Waals surface area (Å²) in [5.74, 6) is 2.56. The normalized spacial score (nSPS) is 24.6. The molecule has 0 radical (unpaired) electrons. The van der Waals surface area contributed by atoms with Gasteiger partial charge in [0, 0.05) is 25.0 Å². The number of nitrogens with one attached hydrogen (secondary N) is 1. The first-order valence-corrected chi connectivity index (χ1v) is 7.96. The molecule has 1 saturated heterocycles. The maximum atomic E-state index is 4.45. The van der Waals surface area contributed by atoms with E-state index >= 15 is 0 Å². The third-order valence-corrected chi connectivity index (χ3v) is 4.78. The summed E-state index contributed by atoms with van der Waals surface area (Å²) in [7, 11) is 1.88. The van der Waals surface area contributed by atoms with E-state index in [0.717, 1.165) is 37.4 Å². The van der Waals surface area contributed by atoms with Gasteiger partial charge in [-0.2, -0.15) is 0 Å². The van der Waals surface area contributed by atoms with Gasteiger partial charge in [0.15, 0.2) is 5.96 Å². The summed E-state index contributed by atoms with van der Waals surface area (Å²) in [5, 5.41) is 5.66. The number of hydrogen-bond donors (Lipinski definition) is 1. The predicted octanol–water partition coefficient (Wildman–Crippen LogP) is 3.11. The lowest BCUT2D eigenvalue weighted by Gasteiger charge is -2.37. The summed E-state index contributed by atoms with van der Waals surface area (Å²) >= 11 is 1.81. The number of aryl methyl sites for hydroxylation is 1. The fraction of sp³-hybridized carbons (Fsp3) is 0.667. The lowest BCUT2D eigenvalue weighted by molar-refractivity contribution is 0.208. The van der Waals surface area contributed by atoms with Crippen LogP contribution in [-0.2, 0) is 6.54 Å². The van der Waals surface area contributed by atoms with Crippen LogP contribution in [0.1, 0.15) is 30.7 Å². The third kappa shape index (κ3) is 3.72. The van der Waals surface area contributed by atoms with Gasteiger partial charge in [-0.25, -0.2) is 0 Å². The van der Waals surface area contributed by atoms with E-state index in [0.29, 0.717) is 0 Å². The van der Waals surface area contributed by atoms with Crippen molar-refractivity contribution >= 4 is 17.3 Å². The predicted molar refractivity (Wildman–Crippen MR) is 83.8 cm³/mol. The maximum Gasteiger partial charge on any atom is 0.193 e. The van der Waals surface area contributed by atoms with Crippen LogP contribution >= 0.6 is 11.3 Å². The molecule has 3 nitrogen and oxygen atoms in total. The van der Waals surface area contributed by atoms with Crippen molar-refractivity contribution in [3.63, 3.8) is 0 Å². The number of nitrogens with zero attached hydrogens (tertiary/aromatic N) is 2. The molecule has 1 fully saturated rings. The summed E-state index contributed by atoms with van der Waals surface area (Å²) in [6, 6.07) is 2.18. The number of thiophene rings is 1. The van der Waals surface area contributed by atoms with Crippen LogP contribution in [0.3, 0.4) is 0 Å². The van der Waals surface area contributed by atoms with E-state index in [1.807, 2.05) is 18.4 Å². The number of guanidine groups is 1. The molecule has 1 aliphatic heterocycles.